The van der Waals surface area contributed by atoms with Gasteiger partial charge in [0, 0.05) is 15.8 Å². The number of benzene rings is 3. The number of aromatic nitrogens is 3. The highest BCUT2D eigenvalue weighted by molar-refractivity contribution is 7.98. The van der Waals surface area contributed by atoms with Crippen LogP contribution in [0.3, 0.4) is 0 Å². The molecule has 2 heterocycles. The molecule has 35 heavy (non-hydrogen) atoms. The molecule has 0 N–H and O–H groups in total. The van der Waals surface area contributed by atoms with Crippen LogP contribution in [0.5, 0.6) is 0 Å². The molecule has 0 atom stereocenters. The van der Waals surface area contributed by atoms with E-state index in [1.807, 2.05) is 73.0 Å². The summed E-state index contributed by atoms with van der Waals surface area (Å²) in [7, 11) is 0. The van der Waals surface area contributed by atoms with E-state index in [4.69, 9.17) is 40.4 Å². The number of hydrogen-bond donors (Lipinski definition) is 0. The Balaban J connectivity index is 1.76. The molecule has 0 aliphatic rings. The van der Waals surface area contributed by atoms with Crippen LogP contribution in [-0.2, 0) is 5.75 Å². The van der Waals surface area contributed by atoms with Crippen LogP contribution in [0.1, 0.15) is 16.7 Å². The Morgan fingerprint density at radius 3 is 2.31 bits per heavy atom. The van der Waals surface area contributed by atoms with E-state index in [9.17, 15) is 4.79 Å². The van der Waals surface area contributed by atoms with Crippen molar-refractivity contribution in [1.29, 1.82) is 0 Å². The third-order valence-electron chi connectivity index (χ3n) is 5.59. The van der Waals surface area contributed by atoms with Gasteiger partial charge in [-0.2, -0.15) is 0 Å². The molecule has 5 aromatic rings. The number of thiazole rings is 1. The Hall–Kier alpha value is -2.42. The first-order valence-electron chi connectivity index (χ1n) is 10.7. The van der Waals surface area contributed by atoms with Crippen LogP contribution in [0.25, 0.3) is 21.7 Å². The Bertz CT molecular complexity index is 1670. The molecule has 0 unspecified atom stereocenters. The molecule has 0 aliphatic carbocycles. The van der Waals surface area contributed by atoms with Gasteiger partial charge in [-0.1, -0.05) is 82.7 Å². The standard InChI is InChI=1S/C26H19Cl2N3OS3/c1-15-5-3-6-16(2)21(15)31-23-22(35-26(31)33)24(32)30(20-8-4-7-19(28)13-20)25(29-23)34-14-17-9-11-18(27)12-10-17/h3-13H,14H2,1-2H3. The maximum Gasteiger partial charge on any atom is 0.278 e. The lowest BCUT2D eigenvalue weighted by molar-refractivity contribution is 0.811. The van der Waals surface area contributed by atoms with Crippen LogP contribution in [0, 0.1) is 17.8 Å². The Kier molecular flexibility index (Phi) is 6.88. The molecule has 0 bridgehead atoms. The molecule has 0 aliphatic heterocycles. The minimum absolute atomic E-state index is 0.169. The van der Waals surface area contributed by atoms with Crippen LogP contribution in [-0.4, -0.2) is 14.1 Å². The molecule has 0 saturated carbocycles. The molecular weight excluding hydrogens is 537 g/mol. The highest BCUT2D eigenvalue weighted by Crippen LogP contribution is 2.31. The van der Waals surface area contributed by atoms with Gasteiger partial charge in [0.2, 0.25) is 0 Å². The van der Waals surface area contributed by atoms with Gasteiger partial charge >= 0.3 is 0 Å². The van der Waals surface area contributed by atoms with Gasteiger partial charge in [-0.15, -0.1) is 0 Å². The summed E-state index contributed by atoms with van der Waals surface area (Å²) in [6.07, 6.45) is 0. The molecule has 0 saturated heterocycles. The SMILES string of the molecule is Cc1cccc(C)c1-n1c(=S)sc2c(=O)n(-c3cccc(Cl)c3)c(SCc3ccc(Cl)cc3)nc21. The molecule has 9 heteroatoms. The lowest BCUT2D eigenvalue weighted by Crippen LogP contribution is -2.21. The molecule has 0 spiro atoms. The van der Waals surface area contributed by atoms with Gasteiger partial charge in [-0.3, -0.25) is 13.9 Å². The van der Waals surface area contributed by atoms with E-state index in [1.54, 1.807) is 16.7 Å². The second-order valence-electron chi connectivity index (χ2n) is 8.03. The predicted molar refractivity (Wildman–Crippen MR) is 151 cm³/mol. The first-order valence-corrected chi connectivity index (χ1v) is 13.7. The normalized spacial score (nSPS) is 11.3. The van der Waals surface area contributed by atoms with E-state index >= 15 is 0 Å². The summed E-state index contributed by atoms with van der Waals surface area (Å²) in [4.78, 5) is 18.9. The fourth-order valence-electron chi connectivity index (χ4n) is 3.96. The van der Waals surface area contributed by atoms with E-state index in [1.165, 1.54) is 23.1 Å². The summed E-state index contributed by atoms with van der Waals surface area (Å²) in [5.74, 6) is 0.615. The maximum atomic E-state index is 13.9. The lowest BCUT2D eigenvalue weighted by atomic mass is 10.1. The van der Waals surface area contributed by atoms with Crippen molar-refractivity contribution in [3.8, 4) is 11.4 Å². The van der Waals surface area contributed by atoms with Crippen molar-refractivity contribution in [3.63, 3.8) is 0 Å². The zero-order chi connectivity index (χ0) is 24.7. The van der Waals surface area contributed by atoms with Crippen LogP contribution in [0.15, 0.2) is 76.7 Å². The van der Waals surface area contributed by atoms with E-state index in [2.05, 4.69) is 0 Å². The van der Waals surface area contributed by atoms with E-state index in [0.29, 0.717) is 40.9 Å². The number of para-hydroxylation sites is 1. The molecule has 0 fully saturated rings. The summed E-state index contributed by atoms with van der Waals surface area (Å²) in [6.45, 7) is 4.08. The minimum Gasteiger partial charge on any atom is -0.275 e. The average molecular weight is 557 g/mol. The summed E-state index contributed by atoms with van der Waals surface area (Å²) in [5, 5.41) is 1.79. The molecule has 3 aromatic carbocycles. The Morgan fingerprint density at radius 1 is 0.943 bits per heavy atom. The van der Waals surface area contributed by atoms with Gasteiger partial charge in [0.05, 0.1) is 11.4 Å². The molecule has 0 radical (unpaired) electrons. The molecule has 2 aromatic heterocycles. The third-order valence-corrected chi connectivity index (χ3v) is 8.44. The van der Waals surface area contributed by atoms with Gasteiger partial charge < -0.3 is 0 Å². The van der Waals surface area contributed by atoms with Crippen molar-refractivity contribution >= 4 is 68.9 Å². The van der Waals surface area contributed by atoms with Crippen molar-refractivity contribution < 1.29 is 0 Å². The largest absolute Gasteiger partial charge is 0.278 e. The zero-order valence-electron chi connectivity index (χ0n) is 18.8. The maximum absolute atomic E-state index is 13.9. The molecule has 176 valence electrons. The number of rotatable bonds is 5. The third kappa shape index (κ3) is 4.71. The summed E-state index contributed by atoms with van der Waals surface area (Å²) in [5.41, 5.74) is 5.23. The van der Waals surface area contributed by atoms with Crippen molar-refractivity contribution in [2.75, 3.05) is 0 Å². The number of hydrogen-bond acceptors (Lipinski definition) is 5. The van der Waals surface area contributed by atoms with Gasteiger partial charge in [0.25, 0.3) is 5.56 Å². The fraction of sp³-hybridized carbons (Fsp3) is 0.115. The summed E-state index contributed by atoms with van der Waals surface area (Å²) < 4.78 is 4.64. The first kappa shape index (κ1) is 24.3. The first-order chi connectivity index (χ1) is 16.8. The topological polar surface area (TPSA) is 39.8 Å². The second kappa shape index (κ2) is 9.91. The molecule has 0 amide bonds. The second-order valence-corrected chi connectivity index (χ2v) is 11.5. The molecule has 4 nitrogen and oxygen atoms in total. The highest BCUT2D eigenvalue weighted by atomic mass is 35.5. The van der Waals surface area contributed by atoms with E-state index in [0.717, 1.165) is 22.4 Å². The van der Waals surface area contributed by atoms with Crippen molar-refractivity contribution in [1.82, 2.24) is 14.1 Å². The van der Waals surface area contributed by atoms with Gasteiger partial charge in [0.15, 0.2) is 14.8 Å². The van der Waals surface area contributed by atoms with Crippen LogP contribution >= 0.6 is 58.5 Å². The van der Waals surface area contributed by atoms with Crippen molar-refractivity contribution in [2.45, 2.75) is 24.8 Å². The highest BCUT2D eigenvalue weighted by Gasteiger charge is 2.20. The molecule has 5 rings (SSSR count). The van der Waals surface area contributed by atoms with Crippen molar-refractivity contribution in [3.05, 3.63) is 108 Å². The smallest absolute Gasteiger partial charge is 0.275 e. The average Bonchev–Trinajstić information content (AvgIpc) is 3.15. The molecular formula is C26H19Cl2N3OS3. The van der Waals surface area contributed by atoms with E-state index < -0.39 is 0 Å². The lowest BCUT2D eigenvalue weighted by Gasteiger charge is -2.15. The van der Waals surface area contributed by atoms with E-state index in [-0.39, 0.29) is 5.56 Å². The van der Waals surface area contributed by atoms with Gasteiger partial charge in [-0.25, -0.2) is 4.98 Å². The summed E-state index contributed by atoms with van der Waals surface area (Å²) in [6, 6.07) is 21.0. The zero-order valence-corrected chi connectivity index (χ0v) is 22.7. The number of nitrogens with zero attached hydrogens (tertiary/aromatic N) is 3. The Morgan fingerprint density at radius 2 is 1.63 bits per heavy atom. The van der Waals surface area contributed by atoms with Crippen LogP contribution in [0.4, 0.5) is 0 Å². The number of halogens is 2. The van der Waals surface area contributed by atoms with Gasteiger partial charge in [-0.05, 0) is 73.1 Å². The number of aryl methyl sites for hydroxylation is 2. The fourth-order valence-corrected chi connectivity index (χ4v) is 6.50. The quantitative estimate of drug-likeness (QED) is 0.124. The monoisotopic (exact) mass is 555 g/mol. The number of thioether (sulfide) groups is 1. The summed E-state index contributed by atoms with van der Waals surface area (Å²) >= 11 is 20.8. The van der Waals surface area contributed by atoms with Crippen LogP contribution < -0.4 is 5.56 Å². The van der Waals surface area contributed by atoms with Gasteiger partial charge in [0.1, 0.15) is 4.70 Å². The minimum atomic E-state index is -0.169. The Labute approximate surface area is 225 Å². The van der Waals surface area contributed by atoms with Crippen LogP contribution in [0.2, 0.25) is 10.0 Å². The van der Waals surface area contributed by atoms with Crippen molar-refractivity contribution in [2.24, 2.45) is 0 Å². The number of fused-ring (bicyclic) bond motifs is 1. The predicted octanol–water partition coefficient (Wildman–Crippen LogP) is 8.18.